The topological polar surface area (TPSA) is 53.7 Å². The highest BCUT2D eigenvalue weighted by Crippen LogP contribution is 2.46. The summed E-state index contributed by atoms with van der Waals surface area (Å²) in [7, 11) is 1.54. The molecule has 0 bridgehead atoms. The number of fused-ring (bicyclic) bond motifs is 1. The molecule has 1 aromatic rings. The van der Waals surface area contributed by atoms with Crippen LogP contribution >= 0.6 is 11.6 Å². The maximum absolute atomic E-state index is 6.05. The number of nitrogens with two attached hydrogens (primary N) is 1. The summed E-state index contributed by atoms with van der Waals surface area (Å²) in [6.45, 7) is 0.533. The number of methoxy groups -OCH3 is 1. The molecule has 0 saturated carbocycles. The van der Waals surface area contributed by atoms with Gasteiger partial charge in [-0.3, -0.25) is 0 Å². The molecule has 0 atom stereocenters. The molecule has 1 aliphatic heterocycles. The van der Waals surface area contributed by atoms with Crippen LogP contribution in [0.4, 0.5) is 0 Å². The van der Waals surface area contributed by atoms with Gasteiger partial charge >= 0.3 is 0 Å². The van der Waals surface area contributed by atoms with E-state index >= 15 is 0 Å². The molecule has 1 heterocycles. The van der Waals surface area contributed by atoms with Crippen molar-refractivity contribution in [2.75, 3.05) is 13.9 Å². The van der Waals surface area contributed by atoms with E-state index in [2.05, 4.69) is 0 Å². The van der Waals surface area contributed by atoms with E-state index in [0.717, 1.165) is 5.56 Å². The van der Waals surface area contributed by atoms with E-state index in [1.165, 1.54) is 0 Å². The summed E-state index contributed by atoms with van der Waals surface area (Å²) < 4.78 is 15.5. The zero-order valence-corrected chi connectivity index (χ0v) is 8.43. The van der Waals surface area contributed by atoms with Gasteiger partial charge in [0.25, 0.3) is 0 Å². The zero-order valence-electron chi connectivity index (χ0n) is 7.67. The van der Waals surface area contributed by atoms with Crippen LogP contribution in [0, 0.1) is 0 Å². The Hall–Kier alpha value is -1.13. The van der Waals surface area contributed by atoms with Crippen molar-refractivity contribution in [2.24, 2.45) is 5.73 Å². The Labute approximate surface area is 86.5 Å². The minimum Gasteiger partial charge on any atom is -0.495 e. The fourth-order valence-corrected chi connectivity index (χ4v) is 1.75. The van der Waals surface area contributed by atoms with Crippen LogP contribution in [0.1, 0.15) is 5.56 Å². The maximum Gasteiger partial charge on any atom is 0.231 e. The molecule has 1 aromatic carbocycles. The number of benzene rings is 1. The molecule has 2 N–H and O–H groups in total. The minimum absolute atomic E-state index is 0.187. The third-order valence-corrected chi connectivity index (χ3v) is 2.40. The maximum atomic E-state index is 6.05. The molecule has 0 fully saturated rings. The summed E-state index contributed by atoms with van der Waals surface area (Å²) in [5.41, 5.74) is 6.36. The summed E-state index contributed by atoms with van der Waals surface area (Å²) >= 11 is 6.05. The van der Waals surface area contributed by atoms with Crippen LogP contribution in [0.2, 0.25) is 5.02 Å². The highest BCUT2D eigenvalue weighted by atomic mass is 35.5. The predicted octanol–water partition coefficient (Wildman–Crippen LogP) is 1.54. The van der Waals surface area contributed by atoms with Gasteiger partial charge in [-0.15, -0.1) is 0 Å². The number of ether oxygens (including phenoxy) is 3. The first-order chi connectivity index (χ1) is 6.77. The van der Waals surface area contributed by atoms with Crippen molar-refractivity contribution < 1.29 is 14.2 Å². The Morgan fingerprint density at radius 2 is 2.36 bits per heavy atom. The fourth-order valence-electron chi connectivity index (χ4n) is 1.41. The number of rotatable bonds is 2. The van der Waals surface area contributed by atoms with E-state index < -0.39 is 0 Å². The molecule has 0 aliphatic carbocycles. The quantitative estimate of drug-likeness (QED) is 0.813. The van der Waals surface area contributed by atoms with Gasteiger partial charge < -0.3 is 19.9 Å². The van der Waals surface area contributed by atoms with E-state index in [4.69, 9.17) is 31.5 Å². The molecule has 76 valence electrons. The Kier molecular flexibility index (Phi) is 2.39. The van der Waals surface area contributed by atoms with Crippen LogP contribution in [0.15, 0.2) is 6.07 Å². The number of hydrogen-bond acceptors (Lipinski definition) is 4. The van der Waals surface area contributed by atoms with E-state index in [9.17, 15) is 0 Å². The first kappa shape index (κ1) is 9.43. The van der Waals surface area contributed by atoms with Gasteiger partial charge in [0.15, 0.2) is 11.5 Å². The second-order valence-electron chi connectivity index (χ2n) is 2.82. The van der Waals surface area contributed by atoms with Crippen LogP contribution < -0.4 is 19.9 Å². The molecular weight excluding hydrogens is 206 g/mol. The third-order valence-electron chi connectivity index (χ3n) is 2.06. The normalized spacial score (nSPS) is 13.1. The average molecular weight is 216 g/mol. The minimum atomic E-state index is 0.187. The smallest absolute Gasteiger partial charge is 0.231 e. The SMILES string of the molecule is COc1c(CN)cc2c(c1Cl)OCO2. The van der Waals surface area contributed by atoms with Crippen LogP contribution in [0.25, 0.3) is 0 Å². The van der Waals surface area contributed by atoms with Crippen molar-refractivity contribution >= 4 is 11.6 Å². The summed E-state index contributed by atoms with van der Waals surface area (Å²) in [5.74, 6) is 1.70. The molecule has 14 heavy (non-hydrogen) atoms. The molecule has 4 nitrogen and oxygen atoms in total. The lowest BCUT2D eigenvalue weighted by molar-refractivity contribution is 0.174. The van der Waals surface area contributed by atoms with Crippen molar-refractivity contribution in [3.8, 4) is 17.2 Å². The monoisotopic (exact) mass is 215 g/mol. The van der Waals surface area contributed by atoms with Gasteiger partial charge in [0, 0.05) is 12.1 Å². The second kappa shape index (κ2) is 3.55. The van der Waals surface area contributed by atoms with Gasteiger partial charge in [-0.2, -0.15) is 0 Å². The summed E-state index contributed by atoms with van der Waals surface area (Å²) in [5, 5.41) is 0.419. The number of hydrogen-bond donors (Lipinski definition) is 1. The lowest BCUT2D eigenvalue weighted by Gasteiger charge is -2.10. The van der Waals surface area contributed by atoms with Crippen LogP contribution in [0.5, 0.6) is 17.2 Å². The standard InChI is InChI=1S/C9H10ClNO3/c1-12-8-5(3-11)2-6-9(7(8)10)14-4-13-6/h2H,3-4,11H2,1H3. The summed E-state index contributed by atoms with van der Waals surface area (Å²) in [6, 6.07) is 1.78. The van der Waals surface area contributed by atoms with Crippen molar-refractivity contribution in [3.63, 3.8) is 0 Å². The highest BCUT2D eigenvalue weighted by molar-refractivity contribution is 6.34. The van der Waals surface area contributed by atoms with Crippen molar-refractivity contribution in [1.29, 1.82) is 0 Å². The van der Waals surface area contributed by atoms with Crippen LogP contribution in [-0.4, -0.2) is 13.9 Å². The highest BCUT2D eigenvalue weighted by Gasteiger charge is 2.23. The lowest BCUT2D eigenvalue weighted by Crippen LogP contribution is -2.00. The average Bonchev–Trinajstić information content (AvgIpc) is 2.65. The first-order valence-electron chi connectivity index (χ1n) is 4.13. The summed E-state index contributed by atoms with van der Waals surface area (Å²) in [6.07, 6.45) is 0. The van der Waals surface area contributed by atoms with E-state index in [-0.39, 0.29) is 6.79 Å². The fraction of sp³-hybridized carbons (Fsp3) is 0.333. The predicted molar refractivity (Wildman–Crippen MR) is 52.0 cm³/mol. The largest absolute Gasteiger partial charge is 0.495 e. The van der Waals surface area contributed by atoms with Crippen LogP contribution in [0.3, 0.4) is 0 Å². The van der Waals surface area contributed by atoms with Gasteiger partial charge in [-0.05, 0) is 6.07 Å². The summed E-state index contributed by atoms with van der Waals surface area (Å²) in [4.78, 5) is 0. The molecule has 0 radical (unpaired) electrons. The van der Waals surface area contributed by atoms with Gasteiger partial charge in [0.2, 0.25) is 6.79 Å². The Bertz CT molecular complexity index is 368. The molecule has 1 aliphatic rings. The second-order valence-corrected chi connectivity index (χ2v) is 3.20. The van der Waals surface area contributed by atoms with E-state index in [1.807, 2.05) is 0 Å². The van der Waals surface area contributed by atoms with Crippen molar-refractivity contribution in [3.05, 3.63) is 16.7 Å². The van der Waals surface area contributed by atoms with Crippen molar-refractivity contribution in [1.82, 2.24) is 0 Å². The number of halogens is 1. The van der Waals surface area contributed by atoms with Crippen molar-refractivity contribution in [2.45, 2.75) is 6.54 Å². The molecule has 0 saturated heterocycles. The molecule has 0 aromatic heterocycles. The van der Waals surface area contributed by atoms with E-state index in [1.54, 1.807) is 13.2 Å². The Morgan fingerprint density at radius 1 is 1.57 bits per heavy atom. The molecule has 0 amide bonds. The van der Waals surface area contributed by atoms with Gasteiger partial charge in [-0.25, -0.2) is 0 Å². The van der Waals surface area contributed by atoms with Gasteiger partial charge in [0.1, 0.15) is 10.8 Å². The zero-order chi connectivity index (χ0) is 10.1. The molecular formula is C9H10ClNO3. The molecule has 2 rings (SSSR count). The van der Waals surface area contributed by atoms with E-state index in [0.29, 0.717) is 28.8 Å². The Balaban J connectivity index is 2.60. The lowest BCUT2D eigenvalue weighted by atomic mass is 10.1. The molecule has 0 unspecified atom stereocenters. The third kappa shape index (κ3) is 1.27. The Morgan fingerprint density at radius 3 is 3.00 bits per heavy atom. The van der Waals surface area contributed by atoms with Crippen LogP contribution in [-0.2, 0) is 6.54 Å². The first-order valence-corrected chi connectivity index (χ1v) is 4.50. The molecule has 0 spiro atoms. The van der Waals surface area contributed by atoms with Gasteiger partial charge in [-0.1, -0.05) is 11.6 Å². The molecule has 5 heteroatoms. The van der Waals surface area contributed by atoms with Gasteiger partial charge in [0.05, 0.1) is 7.11 Å².